The second-order valence-electron chi connectivity index (χ2n) is 3.79. The van der Waals surface area contributed by atoms with Gasteiger partial charge in [-0.2, -0.15) is 0 Å². The van der Waals surface area contributed by atoms with Crippen molar-refractivity contribution in [2.24, 2.45) is 0 Å². The standard InChI is InChI=1S/C10H16N2O2/c13-5-1-2-10-11-7-8-6-9(14)3-4-12(8)10/h7,9,13-14H,1-6H2. The SMILES string of the molecule is OCCCc1ncc2n1CCC(O)C2. The Kier molecular flexibility index (Phi) is 2.84. The first-order valence-corrected chi connectivity index (χ1v) is 5.13. The van der Waals surface area contributed by atoms with E-state index in [0.29, 0.717) is 6.42 Å². The van der Waals surface area contributed by atoms with Crippen molar-refractivity contribution in [3.05, 3.63) is 17.7 Å². The lowest BCUT2D eigenvalue weighted by atomic mass is 10.1. The number of rotatable bonds is 3. The quantitative estimate of drug-likeness (QED) is 0.721. The lowest BCUT2D eigenvalue weighted by molar-refractivity contribution is 0.142. The molecule has 2 heterocycles. The van der Waals surface area contributed by atoms with Gasteiger partial charge in [0.1, 0.15) is 5.82 Å². The van der Waals surface area contributed by atoms with E-state index in [1.165, 1.54) is 0 Å². The van der Waals surface area contributed by atoms with Gasteiger partial charge in [0.25, 0.3) is 0 Å². The molecule has 0 amide bonds. The van der Waals surface area contributed by atoms with Crippen molar-refractivity contribution in [1.29, 1.82) is 0 Å². The van der Waals surface area contributed by atoms with Crippen molar-refractivity contribution in [2.45, 2.75) is 38.3 Å². The van der Waals surface area contributed by atoms with E-state index in [0.717, 1.165) is 37.3 Å². The fourth-order valence-corrected chi connectivity index (χ4v) is 1.95. The summed E-state index contributed by atoms with van der Waals surface area (Å²) in [5.41, 5.74) is 1.12. The third-order valence-corrected chi connectivity index (χ3v) is 2.71. The fourth-order valence-electron chi connectivity index (χ4n) is 1.95. The molecule has 1 aromatic rings. The van der Waals surface area contributed by atoms with E-state index in [-0.39, 0.29) is 12.7 Å². The summed E-state index contributed by atoms with van der Waals surface area (Å²) in [6, 6.07) is 0. The van der Waals surface area contributed by atoms with Crippen LogP contribution in [0, 0.1) is 0 Å². The van der Waals surface area contributed by atoms with Crippen molar-refractivity contribution >= 4 is 0 Å². The Bertz CT molecular complexity index is 309. The third-order valence-electron chi connectivity index (χ3n) is 2.71. The number of nitrogens with zero attached hydrogens (tertiary/aromatic N) is 2. The van der Waals surface area contributed by atoms with E-state index in [4.69, 9.17) is 5.11 Å². The lowest BCUT2D eigenvalue weighted by Gasteiger charge is -2.20. The molecule has 0 saturated carbocycles. The zero-order chi connectivity index (χ0) is 9.97. The van der Waals surface area contributed by atoms with Gasteiger partial charge in [-0.3, -0.25) is 0 Å². The van der Waals surface area contributed by atoms with Crippen molar-refractivity contribution in [3.63, 3.8) is 0 Å². The van der Waals surface area contributed by atoms with Crippen molar-refractivity contribution in [2.75, 3.05) is 6.61 Å². The Labute approximate surface area is 83.2 Å². The molecule has 14 heavy (non-hydrogen) atoms. The van der Waals surface area contributed by atoms with E-state index < -0.39 is 0 Å². The molecule has 0 saturated heterocycles. The van der Waals surface area contributed by atoms with E-state index >= 15 is 0 Å². The van der Waals surface area contributed by atoms with Gasteiger partial charge in [-0.15, -0.1) is 0 Å². The number of aliphatic hydroxyl groups excluding tert-OH is 2. The smallest absolute Gasteiger partial charge is 0.108 e. The molecule has 4 nitrogen and oxygen atoms in total. The first kappa shape index (κ1) is 9.68. The van der Waals surface area contributed by atoms with Crippen LogP contribution in [0.3, 0.4) is 0 Å². The summed E-state index contributed by atoms with van der Waals surface area (Å²) in [4.78, 5) is 4.31. The van der Waals surface area contributed by atoms with E-state index in [1.807, 2.05) is 6.20 Å². The molecule has 1 atom stereocenters. The number of aromatic nitrogens is 2. The molecule has 0 aliphatic carbocycles. The van der Waals surface area contributed by atoms with Crippen LogP contribution in [-0.2, 0) is 19.4 Å². The van der Waals surface area contributed by atoms with Gasteiger partial charge in [0, 0.05) is 37.9 Å². The van der Waals surface area contributed by atoms with Crippen molar-refractivity contribution in [1.82, 2.24) is 9.55 Å². The maximum Gasteiger partial charge on any atom is 0.108 e. The topological polar surface area (TPSA) is 58.3 Å². The minimum absolute atomic E-state index is 0.204. The zero-order valence-corrected chi connectivity index (χ0v) is 8.19. The van der Waals surface area contributed by atoms with E-state index in [1.54, 1.807) is 0 Å². The van der Waals surface area contributed by atoms with Gasteiger partial charge in [0.05, 0.1) is 6.10 Å². The Balaban J connectivity index is 2.12. The molecule has 1 aliphatic rings. The highest BCUT2D eigenvalue weighted by Crippen LogP contribution is 2.17. The summed E-state index contributed by atoms with van der Waals surface area (Å²) >= 11 is 0. The average molecular weight is 196 g/mol. The minimum Gasteiger partial charge on any atom is -0.396 e. The van der Waals surface area contributed by atoms with Crippen LogP contribution in [0.25, 0.3) is 0 Å². The molecule has 0 bridgehead atoms. The van der Waals surface area contributed by atoms with Crippen LogP contribution < -0.4 is 0 Å². The molecule has 0 aromatic carbocycles. The van der Waals surface area contributed by atoms with Crippen LogP contribution in [0.5, 0.6) is 0 Å². The number of aryl methyl sites for hydroxylation is 1. The van der Waals surface area contributed by atoms with Crippen molar-refractivity contribution in [3.8, 4) is 0 Å². The Morgan fingerprint density at radius 1 is 1.57 bits per heavy atom. The number of hydrogen-bond donors (Lipinski definition) is 2. The van der Waals surface area contributed by atoms with Crippen LogP contribution in [0.2, 0.25) is 0 Å². The van der Waals surface area contributed by atoms with Crippen LogP contribution in [0.4, 0.5) is 0 Å². The lowest BCUT2D eigenvalue weighted by Crippen LogP contribution is -2.23. The first-order valence-electron chi connectivity index (χ1n) is 5.13. The minimum atomic E-state index is -0.204. The van der Waals surface area contributed by atoms with Gasteiger partial charge in [0.15, 0.2) is 0 Å². The Morgan fingerprint density at radius 2 is 2.43 bits per heavy atom. The maximum atomic E-state index is 9.46. The summed E-state index contributed by atoms with van der Waals surface area (Å²) in [5.74, 6) is 1.04. The predicted molar refractivity (Wildman–Crippen MR) is 52.0 cm³/mol. The number of imidazole rings is 1. The summed E-state index contributed by atoms with van der Waals surface area (Å²) in [6.07, 6.45) is 4.76. The highest BCUT2D eigenvalue weighted by molar-refractivity contribution is 5.09. The van der Waals surface area contributed by atoms with E-state index in [2.05, 4.69) is 9.55 Å². The van der Waals surface area contributed by atoms with Crippen molar-refractivity contribution < 1.29 is 10.2 Å². The zero-order valence-electron chi connectivity index (χ0n) is 8.19. The van der Waals surface area contributed by atoms with Crippen LogP contribution in [0.1, 0.15) is 24.4 Å². The molecule has 2 rings (SSSR count). The maximum absolute atomic E-state index is 9.46. The summed E-state index contributed by atoms with van der Waals surface area (Å²) < 4.78 is 2.17. The molecular weight excluding hydrogens is 180 g/mol. The summed E-state index contributed by atoms with van der Waals surface area (Å²) in [6.45, 7) is 1.07. The van der Waals surface area contributed by atoms with Gasteiger partial charge in [0.2, 0.25) is 0 Å². The monoisotopic (exact) mass is 196 g/mol. The number of fused-ring (bicyclic) bond motifs is 1. The van der Waals surface area contributed by atoms with E-state index in [9.17, 15) is 5.11 Å². The second-order valence-corrected chi connectivity index (χ2v) is 3.79. The molecule has 0 fully saturated rings. The Hall–Kier alpha value is -0.870. The molecule has 0 radical (unpaired) electrons. The number of aliphatic hydroxyl groups is 2. The second kappa shape index (κ2) is 4.11. The first-order chi connectivity index (χ1) is 6.81. The predicted octanol–water partition coefficient (Wildman–Crippen LogP) is 0.115. The molecule has 0 spiro atoms. The van der Waals surface area contributed by atoms with Gasteiger partial charge < -0.3 is 14.8 Å². The molecular formula is C10H16N2O2. The molecule has 1 aliphatic heterocycles. The Morgan fingerprint density at radius 3 is 3.21 bits per heavy atom. The molecule has 1 unspecified atom stereocenters. The van der Waals surface area contributed by atoms with Gasteiger partial charge in [-0.25, -0.2) is 4.98 Å². The molecule has 4 heteroatoms. The highest BCUT2D eigenvalue weighted by Gasteiger charge is 2.18. The average Bonchev–Trinajstić information content (AvgIpc) is 2.57. The van der Waals surface area contributed by atoms with Crippen LogP contribution >= 0.6 is 0 Å². The normalized spacial score (nSPS) is 20.9. The summed E-state index contributed by atoms with van der Waals surface area (Å²) in [5, 5.41) is 18.2. The van der Waals surface area contributed by atoms with Crippen LogP contribution in [-0.4, -0.2) is 32.5 Å². The van der Waals surface area contributed by atoms with Gasteiger partial charge in [-0.1, -0.05) is 0 Å². The van der Waals surface area contributed by atoms with Gasteiger partial charge >= 0.3 is 0 Å². The molecule has 1 aromatic heterocycles. The van der Waals surface area contributed by atoms with Gasteiger partial charge in [-0.05, 0) is 12.8 Å². The highest BCUT2D eigenvalue weighted by atomic mass is 16.3. The molecule has 2 N–H and O–H groups in total. The fraction of sp³-hybridized carbons (Fsp3) is 0.700. The molecule has 78 valence electrons. The van der Waals surface area contributed by atoms with Crippen LogP contribution in [0.15, 0.2) is 6.20 Å². The largest absolute Gasteiger partial charge is 0.396 e. The summed E-state index contributed by atoms with van der Waals surface area (Å²) in [7, 11) is 0. The number of hydrogen-bond acceptors (Lipinski definition) is 3. The third kappa shape index (κ3) is 1.81.